The third-order valence-corrected chi connectivity index (χ3v) is 3.67. The maximum absolute atomic E-state index is 5.49. The number of pyridine rings is 1. The Balaban J connectivity index is 1.64. The van der Waals surface area contributed by atoms with E-state index in [-0.39, 0.29) is 0 Å². The monoisotopic (exact) mass is 299 g/mol. The number of aromatic nitrogens is 3. The molecule has 1 atom stereocenters. The minimum Gasteiger partial charge on any atom is -0.379 e. The predicted octanol–water partition coefficient (Wildman–Crippen LogP) is 2.10. The van der Waals surface area contributed by atoms with Crippen molar-refractivity contribution in [2.24, 2.45) is 0 Å². The first-order valence-corrected chi connectivity index (χ1v) is 7.58. The first-order valence-electron chi connectivity index (χ1n) is 7.58. The highest BCUT2D eigenvalue weighted by Crippen LogP contribution is 2.15. The average Bonchev–Trinajstić information content (AvgIpc) is 2.57. The Labute approximate surface area is 130 Å². The summed E-state index contributed by atoms with van der Waals surface area (Å²) in [4.78, 5) is 15.0. The Kier molecular flexibility index (Phi) is 4.80. The van der Waals surface area contributed by atoms with Gasteiger partial charge in [0, 0.05) is 38.8 Å². The van der Waals surface area contributed by atoms with Crippen LogP contribution in [0.1, 0.15) is 18.4 Å². The second-order valence-electron chi connectivity index (χ2n) is 5.51. The first-order chi connectivity index (χ1) is 10.8. The number of anilines is 2. The van der Waals surface area contributed by atoms with Crippen LogP contribution in [0.15, 0.2) is 36.8 Å². The van der Waals surface area contributed by atoms with E-state index in [0.717, 1.165) is 38.4 Å². The van der Waals surface area contributed by atoms with Gasteiger partial charge in [-0.3, -0.25) is 4.98 Å². The highest BCUT2D eigenvalue weighted by molar-refractivity contribution is 5.42. The molecule has 2 aromatic rings. The molecule has 6 nitrogen and oxygen atoms in total. The van der Waals surface area contributed by atoms with E-state index in [0.29, 0.717) is 12.0 Å². The molecule has 0 aromatic carbocycles. The van der Waals surface area contributed by atoms with Gasteiger partial charge in [-0.1, -0.05) is 0 Å². The molecule has 1 fully saturated rings. The van der Waals surface area contributed by atoms with E-state index >= 15 is 0 Å². The van der Waals surface area contributed by atoms with Crippen LogP contribution < -0.4 is 10.2 Å². The summed E-state index contributed by atoms with van der Waals surface area (Å²) in [6.07, 6.45) is 7.59. The van der Waals surface area contributed by atoms with Crippen LogP contribution in [-0.4, -0.2) is 41.3 Å². The lowest BCUT2D eigenvalue weighted by molar-refractivity contribution is 0.0875. The standard InChI is InChI=1S/C16H21N5O/c1-21(11-13-4-7-17-8-5-13)16-18-9-6-15(20-16)19-14-3-2-10-22-12-14/h4-9,14H,2-3,10-12H2,1H3,(H,18,19,20)/t14-/m1/s1. The van der Waals surface area contributed by atoms with Crippen molar-refractivity contribution in [1.29, 1.82) is 0 Å². The minimum atomic E-state index is 0.335. The summed E-state index contributed by atoms with van der Waals surface area (Å²) in [5.74, 6) is 1.56. The molecular formula is C16H21N5O. The maximum atomic E-state index is 5.49. The van der Waals surface area contributed by atoms with Gasteiger partial charge in [0.1, 0.15) is 5.82 Å². The predicted molar refractivity (Wildman–Crippen MR) is 85.8 cm³/mol. The fourth-order valence-electron chi connectivity index (χ4n) is 2.51. The summed E-state index contributed by atoms with van der Waals surface area (Å²) in [5, 5.41) is 3.43. The van der Waals surface area contributed by atoms with Crippen LogP contribution in [0.5, 0.6) is 0 Å². The highest BCUT2D eigenvalue weighted by atomic mass is 16.5. The van der Waals surface area contributed by atoms with Gasteiger partial charge in [0.2, 0.25) is 5.95 Å². The minimum absolute atomic E-state index is 0.335. The lowest BCUT2D eigenvalue weighted by Crippen LogP contribution is -2.30. The molecule has 0 unspecified atom stereocenters. The summed E-state index contributed by atoms with van der Waals surface area (Å²) >= 11 is 0. The second kappa shape index (κ2) is 7.17. The summed E-state index contributed by atoms with van der Waals surface area (Å²) in [7, 11) is 1.99. The molecule has 0 spiro atoms. The summed E-state index contributed by atoms with van der Waals surface area (Å²) in [5.41, 5.74) is 1.18. The van der Waals surface area contributed by atoms with E-state index in [1.807, 2.05) is 30.1 Å². The van der Waals surface area contributed by atoms with Gasteiger partial charge in [-0.25, -0.2) is 4.98 Å². The fraction of sp³-hybridized carbons (Fsp3) is 0.438. The van der Waals surface area contributed by atoms with Crippen molar-refractivity contribution in [3.63, 3.8) is 0 Å². The number of nitrogens with zero attached hydrogens (tertiary/aromatic N) is 4. The van der Waals surface area contributed by atoms with Crippen molar-refractivity contribution in [2.45, 2.75) is 25.4 Å². The fourth-order valence-corrected chi connectivity index (χ4v) is 2.51. The molecule has 1 saturated heterocycles. The largest absolute Gasteiger partial charge is 0.379 e. The van der Waals surface area contributed by atoms with Gasteiger partial charge in [-0.15, -0.1) is 0 Å². The molecule has 0 radical (unpaired) electrons. The summed E-state index contributed by atoms with van der Waals surface area (Å²) in [6, 6.07) is 6.23. The van der Waals surface area contributed by atoms with Crippen LogP contribution in [0.2, 0.25) is 0 Å². The van der Waals surface area contributed by atoms with Crippen LogP contribution >= 0.6 is 0 Å². The molecule has 2 aromatic heterocycles. The molecule has 116 valence electrons. The van der Waals surface area contributed by atoms with Crippen molar-refractivity contribution in [1.82, 2.24) is 15.0 Å². The van der Waals surface area contributed by atoms with Crippen molar-refractivity contribution >= 4 is 11.8 Å². The van der Waals surface area contributed by atoms with Gasteiger partial charge >= 0.3 is 0 Å². The molecule has 1 N–H and O–H groups in total. The molecule has 1 aliphatic rings. The summed E-state index contributed by atoms with van der Waals surface area (Å²) in [6.45, 7) is 2.35. The second-order valence-corrected chi connectivity index (χ2v) is 5.51. The van der Waals surface area contributed by atoms with Crippen LogP contribution in [0.3, 0.4) is 0 Å². The number of rotatable bonds is 5. The highest BCUT2D eigenvalue weighted by Gasteiger charge is 2.14. The Morgan fingerprint density at radius 2 is 2.14 bits per heavy atom. The van der Waals surface area contributed by atoms with E-state index in [2.05, 4.69) is 20.3 Å². The quantitative estimate of drug-likeness (QED) is 0.912. The molecule has 3 heterocycles. The Bertz CT molecular complexity index is 586. The Morgan fingerprint density at radius 1 is 1.27 bits per heavy atom. The van der Waals surface area contributed by atoms with E-state index in [4.69, 9.17) is 4.74 Å². The lowest BCUT2D eigenvalue weighted by atomic mass is 10.1. The van der Waals surface area contributed by atoms with E-state index in [9.17, 15) is 0 Å². The number of ether oxygens (including phenoxy) is 1. The molecule has 0 bridgehead atoms. The third kappa shape index (κ3) is 3.92. The zero-order chi connectivity index (χ0) is 15.2. The molecule has 6 heteroatoms. The van der Waals surface area contributed by atoms with Gasteiger partial charge in [-0.05, 0) is 36.6 Å². The third-order valence-electron chi connectivity index (χ3n) is 3.67. The number of hydrogen-bond donors (Lipinski definition) is 1. The number of nitrogens with one attached hydrogen (secondary N) is 1. The Morgan fingerprint density at radius 3 is 2.91 bits per heavy atom. The molecule has 0 aliphatic carbocycles. The van der Waals surface area contributed by atoms with Crippen molar-refractivity contribution < 1.29 is 4.74 Å². The zero-order valence-corrected chi connectivity index (χ0v) is 12.8. The van der Waals surface area contributed by atoms with Gasteiger partial charge < -0.3 is 15.0 Å². The molecule has 3 rings (SSSR count). The van der Waals surface area contributed by atoms with Crippen LogP contribution in [-0.2, 0) is 11.3 Å². The van der Waals surface area contributed by atoms with Gasteiger partial charge in [0.15, 0.2) is 0 Å². The van der Waals surface area contributed by atoms with Crippen molar-refractivity contribution in [2.75, 3.05) is 30.5 Å². The molecule has 0 saturated carbocycles. The van der Waals surface area contributed by atoms with Crippen molar-refractivity contribution in [3.8, 4) is 0 Å². The molecule has 22 heavy (non-hydrogen) atoms. The molecule has 0 amide bonds. The normalized spacial score (nSPS) is 18.0. The number of hydrogen-bond acceptors (Lipinski definition) is 6. The Hall–Kier alpha value is -2.21. The van der Waals surface area contributed by atoms with Gasteiger partial charge in [0.05, 0.1) is 12.6 Å². The SMILES string of the molecule is CN(Cc1ccncc1)c1nccc(N[C@@H]2CCCOC2)n1. The van der Waals surface area contributed by atoms with Gasteiger partial charge in [-0.2, -0.15) is 4.98 Å². The smallest absolute Gasteiger partial charge is 0.227 e. The maximum Gasteiger partial charge on any atom is 0.227 e. The lowest BCUT2D eigenvalue weighted by Gasteiger charge is -2.24. The summed E-state index contributed by atoms with van der Waals surface area (Å²) < 4.78 is 5.49. The van der Waals surface area contributed by atoms with Crippen LogP contribution in [0.4, 0.5) is 11.8 Å². The van der Waals surface area contributed by atoms with Crippen LogP contribution in [0, 0.1) is 0 Å². The topological polar surface area (TPSA) is 63.2 Å². The zero-order valence-electron chi connectivity index (χ0n) is 12.8. The average molecular weight is 299 g/mol. The van der Waals surface area contributed by atoms with E-state index < -0.39 is 0 Å². The van der Waals surface area contributed by atoms with Crippen LogP contribution in [0.25, 0.3) is 0 Å². The van der Waals surface area contributed by atoms with E-state index in [1.165, 1.54) is 5.56 Å². The molecule has 1 aliphatic heterocycles. The van der Waals surface area contributed by atoms with E-state index in [1.54, 1.807) is 18.6 Å². The van der Waals surface area contributed by atoms with Crippen molar-refractivity contribution in [3.05, 3.63) is 42.4 Å². The van der Waals surface area contributed by atoms with Gasteiger partial charge in [0.25, 0.3) is 0 Å². The first kappa shape index (κ1) is 14.7. The molecular weight excluding hydrogens is 278 g/mol.